The van der Waals surface area contributed by atoms with Gasteiger partial charge in [-0.1, -0.05) is 23.2 Å². The average Bonchev–Trinajstić information content (AvgIpc) is 2.54. The highest BCUT2D eigenvalue weighted by molar-refractivity contribution is 6.49. The summed E-state index contributed by atoms with van der Waals surface area (Å²) in [6.07, 6.45) is 0. The Balaban J connectivity index is 2.35. The predicted octanol–water partition coefficient (Wildman–Crippen LogP) is 3.76. The Hall–Kier alpha value is -0.325. The van der Waals surface area contributed by atoms with Crippen molar-refractivity contribution in [3.05, 3.63) is 33.6 Å². The molecule has 1 aromatic carbocycles. The second-order valence-electron chi connectivity index (χ2n) is 5.91. The number of nitrogens with two attached hydrogens (primary N) is 1. The SMILES string of the molecule is CC1(C)OB([C@H](N)c2c(F)ccc(Cl)c2Cl)OC1(C)C. The van der Waals surface area contributed by atoms with Gasteiger partial charge >= 0.3 is 7.12 Å². The van der Waals surface area contributed by atoms with Crippen molar-refractivity contribution in [2.24, 2.45) is 5.73 Å². The van der Waals surface area contributed by atoms with E-state index in [2.05, 4.69) is 0 Å². The van der Waals surface area contributed by atoms with Gasteiger partial charge in [0.05, 0.1) is 27.2 Å². The van der Waals surface area contributed by atoms with Crippen LogP contribution in [0.2, 0.25) is 10.0 Å². The largest absolute Gasteiger partial charge is 0.480 e. The van der Waals surface area contributed by atoms with Crippen molar-refractivity contribution in [2.75, 3.05) is 0 Å². The van der Waals surface area contributed by atoms with E-state index >= 15 is 0 Å². The molecule has 2 N–H and O–H groups in total. The topological polar surface area (TPSA) is 44.5 Å². The Morgan fingerprint density at radius 1 is 1.15 bits per heavy atom. The maximum Gasteiger partial charge on any atom is 0.480 e. The zero-order valence-corrected chi connectivity index (χ0v) is 13.3. The Morgan fingerprint density at radius 3 is 2.15 bits per heavy atom. The van der Waals surface area contributed by atoms with Gasteiger partial charge in [-0.3, -0.25) is 0 Å². The van der Waals surface area contributed by atoms with Crippen molar-refractivity contribution < 1.29 is 13.7 Å². The molecule has 110 valence electrons. The molecule has 1 saturated heterocycles. The lowest BCUT2D eigenvalue weighted by molar-refractivity contribution is 0.00578. The van der Waals surface area contributed by atoms with Crippen molar-refractivity contribution in [3.8, 4) is 0 Å². The molecular formula is C13H17BCl2FNO2. The summed E-state index contributed by atoms with van der Waals surface area (Å²) >= 11 is 12.0. The second-order valence-corrected chi connectivity index (χ2v) is 6.69. The van der Waals surface area contributed by atoms with Crippen molar-refractivity contribution in [1.82, 2.24) is 0 Å². The first-order valence-electron chi connectivity index (χ1n) is 6.31. The van der Waals surface area contributed by atoms with Gasteiger partial charge in [0.25, 0.3) is 0 Å². The first kappa shape index (κ1) is 16.1. The molecule has 0 bridgehead atoms. The van der Waals surface area contributed by atoms with Crippen molar-refractivity contribution in [3.63, 3.8) is 0 Å². The molecule has 1 atom stereocenters. The van der Waals surface area contributed by atoms with Crippen LogP contribution in [0.3, 0.4) is 0 Å². The number of benzene rings is 1. The van der Waals surface area contributed by atoms with Crippen molar-refractivity contribution in [2.45, 2.75) is 44.8 Å². The Morgan fingerprint density at radius 2 is 1.65 bits per heavy atom. The van der Waals surface area contributed by atoms with Gasteiger partial charge in [0.2, 0.25) is 0 Å². The first-order valence-corrected chi connectivity index (χ1v) is 7.07. The van der Waals surface area contributed by atoms with Crippen LogP contribution in [0.15, 0.2) is 12.1 Å². The van der Waals surface area contributed by atoms with E-state index in [1.807, 2.05) is 27.7 Å². The highest BCUT2D eigenvalue weighted by atomic mass is 35.5. The summed E-state index contributed by atoms with van der Waals surface area (Å²) in [5.41, 5.74) is 5.10. The molecule has 1 aliphatic rings. The minimum absolute atomic E-state index is 0.0916. The van der Waals surface area contributed by atoms with Crippen molar-refractivity contribution >= 4 is 30.3 Å². The molecule has 1 fully saturated rings. The second kappa shape index (κ2) is 5.14. The minimum atomic E-state index is -0.859. The third-order valence-corrected chi connectivity index (χ3v) is 4.80. The monoisotopic (exact) mass is 319 g/mol. The van der Waals surface area contributed by atoms with Crippen LogP contribution in [0.1, 0.15) is 39.2 Å². The van der Waals surface area contributed by atoms with Gasteiger partial charge in [-0.25, -0.2) is 4.39 Å². The van der Waals surface area contributed by atoms with Gasteiger partial charge < -0.3 is 15.0 Å². The van der Waals surface area contributed by atoms with Crippen LogP contribution in [-0.4, -0.2) is 18.3 Å². The third-order valence-electron chi connectivity index (χ3n) is 3.98. The molecule has 7 heteroatoms. The highest BCUT2D eigenvalue weighted by Gasteiger charge is 2.54. The molecule has 0 aromatic heterocycles. The maximum absolute atomic E-state index is 14.0. The fraction of sp³-hybridized carbons (Fsp3) is 0.538. The smallest absolute Gasteiger partial charge is 0.402 e. The summed E-state index contributed by atoms with van der Waals surface area (Å²) in [4.78, 5) is 0. The molecule has 0 radical (unpaired) electrons. The molecule has 1 aromatic rings. The lowest BCUT2D eigenvalue weighted by Crippen LogP contribution is -2.41. The van der Waals surface area contributed by atoms with E-state index in [1.165, 1.54) is 12.1 Å². The van der Waals surface area contributed by atoms with Crippen LogP contribution in [-0.2, 0) is 9.31 Å². The fourth-order valence-electron chi connectivity index (χ4n) is 2.02. The van der Waals surface area contributed by atoms with Crippen LogP contribution in [0.4, 0.5) is 4.39 Å². The molecule has 20 heavy (non-hydrogen) atoms. The number of halogens is 3. The molecular weight excluding hydrogens is 303 g/mol. The van der Waals surface area contributed by atoms with Gasteiger partial charge in [0.1, 0.15) is 5.82 Å². The summed E-state index contributed by atoms with van der Waals surface area (Å²) in [5.74, 6) is -1.39. The number of hydrogen-bond acceptors (Lipinski definition) is 3. The van der Waals surface area contributed by atoms with E-state index in [-0.39, 0.29) is 15.6 Å². The van der Waals surface area contributed by atoms with Crippen molar-refractivity contribution in [1.29, 1.82) is 0 Å². The molecule has 0 saturated carbocycles. The van der Waals surface area contributed by atoms with Crippen LogP contribution in [0.25, 0.3) is 0 Å². The van der Waals surface area contributed by atoms with Crippen LogP contribution in [0, 0.1) is 5.82 Å². The van der Waals surface area contributed by atoms with E-state index in [4.69, 9.17) is 38.2 Å². The molecule has 3 nitrogen and oxygen atoms in total. The standard InChI is InChI=1S/C13H17BCl2FNO2/c1-12(2)13(3,4)20-14(19-12)11(18)9-8(17)6-5-7(15)10(9)16/h5-6,11H,18H2,1-4H3/t11-/m1/s1. The Kier molecular flexibility index (Phi) is 4.13. The van der Waals surface area contributed by atoms with Gasteiger partial charge in [-0.2, -0.15) is 0 Å². The molecule has 0 amide bonds. The predicted molar refractivity (Wildman–Crippen MR) is 79.4 cm³/mol. The summed E-state index contributed by atoms with van der Waals surface area (Å²) in [6.45, 7) is 7.59. The summed E-state index contributed by atoms with van der Waals surface area (Å²) in [7, 11) is -0.787. The lowest BCUT2D eigenvalue weighted by atomic mass is 9.74. The molecule has 0 spiro atoms. The van der Waals surface area contributed by atoms with Gasteiger partial charge in [-0.05, 0) is 39.8 Å². The van der Waals surface area contributed by atoms with E-state index in [9.17, 15) is 4.39 Å². The lowest BCUT2D eigenvalue weighted by Gasteiger charge is -2.32. The van der Waals surface area contributed by atoms with Crippen LogP contribution in [0.5, 0.6) is 0 Å². The van der Waals surface area contributed by atoms with Gasteiger partial charge in [0, 0.05) is 5.56 Å². The Labute approximate surface area is 128 Å². The zero-order chi connectivity index (χ0) is 15.3. The molecule has 0 aliphatic carbocycles. The molecule has 1 aliphatic heterocycles. The quantitative estimate of drug-likeness (QED) is 0.666. The van der Waals surface area contributed by atoms with Gasteiger partial charge in [-0.15, -0.1) is 0 Å². The average molecular weight is 320 g/mol. The molecule has 0 unspecified atom stereocenters. The highest BCUT2D eigenvalue weighted by Crippen LogP contribution is 2.41. The maximum atomic E-state index is 14.0. The normalized spacial score (nSPS) is 22.1. The van der Waals surface area contributed by atoms with E-state index in [1.54, 1.807) is 0 Å². The van der Waals surface area contributed by atoms with E-state index in [0.29, 0.717) is 0 Å². The number of rotatable bonds is 2. The first-order chi connectivity index (χ1) is 9.07. The summed E-state index contributed by atoms with van der Waals surface area (Å²) in [6, 6.07) is 2.62. The molecule has 1 heterocycles. The minimum Gasteiger partial charge on any atom is -0.402 e. The van der Waals surface area contributed by atoms with E-state index in [0.717, 1.165) is 0 Å². The third kappa shape index (κ3) is 2.58. The summed E-state index contributed by atoms with van der Waals surface area (Å²) in [5, 5.41) is 0.337. The molecule has 2 rings (SSSR count). The van der Waals surface area contributed by atoms with Crippen LogP contribution < -0.4 is 5.73 Å². The van der Waals surface area contributed by atoms with Gasteiger partial charge in [0.15, 0.2) is 0 Å². The Bertz CT molecular complexity index is 523. The number of hydrogen-bond donors (Lipinski definition) is 1. The fourth-order valence-corrected chi connectivity index (χ4v) is 2.46. The van der Waals surface area contributed by atoms with E-state index < -0.39 is 30.1 Å². The van der Waals surface area contributed by atoms with Crippen LogP contribution >= 0.6 is 23.2 Å². The summed E-state index contributed by atoms with van der Waals surface area (Å²) < 4.78 is 25.6. The zero-order valence-electron chi connectivity index (χ0n) is 11.8.